The van der Waals surface area contributed by atoms with E-state index < -0.39 is 0 Å². The molecule has 18 heavy (non-hydrogen) atoms. The van der Waals surface area contributed by atoms with Gasteiger partial charge in [-0.3, -0.25) is 0 Å². The molecule has 0 radical (unpaired) electrons. The molecule has 0 aliphatic carbocycles. The standard InChI is InChI=1S/C13H14FN3O/c14-10-2-1-3-11(6-10)17-9-16-7-12(17)13-8-15-4-5-18-13/h1-3,6-7,9,13,15H,4-5,8H2. The minimum absolute atomic E-state index is 0.0375. The molecule has 1 saturated heterocycles. The summed E-state index contributed by atoms with van der Waals surface area (Å²) in [6.45, 7) is 2.30. The Morgan fingerprint density at radius 3 is 3.17 bits per heavy atom. The summed E-state index contributed by atoms with van der Waals surface area (Å²) in [7, 11) is 0. The van der Waals surface area contributed by atoms with E-state index in [0.29, 0.717) is 6.61 Å². The monoisotopic (exact) mass is 247 g/mol. The number of morpholine rings is 1. The van der Waals surface area contributed by atoms with Crippen molar-refractivity contribution in [1.82, 2.24) is 14.9 Å². The lowest BCUT2D eigenvalue weighted by Gasteiger charge is -2.24. The Morgan fingerprint density at radius 1 is 1.44 bits per heavy atom. The molecule has 1 aromatic heterocycles. The average Bonchev–Trinajstić information content (AvgIpc) is 2.89. The van der Waals surface area contributed by atoms with Gasteiger partial charge in [-0.25, -0.2) is 9.37 Å². The first-order valence-electron chi connectivity index (χ1n) is 5.95. The molecule has 1 unspecified atom stereocenters. The summed E-state index contributed by atoms with van der Waals surface area (Å²) >= 11 is 0. The van der Waals surface area contributed by atoms with Crippen molar-refractivity contribution in [2.24, 2.45) is 0 Å². The van der Waals surface area contributed by atoms with Crippen molar-refractivity contribution in [1.29, 1.82) is 0 Å². The largest absolute Gasteiger partial charge is 0.369 e. The summed E-state index contributed by atoms with van der Waals surface area (Å²) in [5, 5.41) is 3.27. The molecule has 1 aliphatic rings. The topological polar surface area (TPSA) is 39.1 Å². The van der Waals surface area contributed by atoms with Crippen LogP contribution < -0.4 is 5.32 Å². The fourth-order valence-electron chi connectivity index (χ4n) is 2.14. The van der Waals surface area contributed by atoms with Crippen molar-refractivity contribution < 1.29 is 9.13 Å². The van der Waals surface area contributed by atoms with Gasteiger partial charge in [0.2, 0.25) is 0 Å². The third-order valence-electron chi connectivity index (χ3n) is 3.01. The molecule has 2 heterocycles. The molecule has 3 rings (SSSR count). The van der Waals surface area contributed by atoms with Gasteiger partial charge < -0.3 is 14.6 Å². The maximum absolute atomic E-state index is 13.3. The maximum atomic E-state index is 13.3. The molecule has 1 atom stereocenters. The molecule has 1 N–H and O–H groups in total. The quantitative estimate of drug-likeness (QED) is 0.877. The van der Waals surface area contributed by atoms with Crippen molar-refractivity contribution in [2.45, 2.75) is 6.10 Å². The average molecular weight is 247 g/mol. The van der Waals surface area contributed by atoms with Gasteiger partial charge in [0, 0.05) is 18.8 Å². The Labute approximate surface area is 104 Å². The molecule has 0 saturated carbocycles. The second kappa shape index (κ2) is 4.88. The zero-order valence-corrected chi connectivity index (χ0v) is 9.84. The van der Waals surface area contributed by atoms with Crippen LogP contribution in [0.4, 0.5) is 4.39 Å². The fraction of sp³-hybridized carbons (Fsp3) is 0.308. The molecular formula is C13H14FN3O. The van der Waals surface area contributed by atoms with Crippen LogP contribution in [0.25, 0.3) is 5.69 Å². The van der Waals surface area contributed by atoms with Gasteiger partial charge in [-0.2, -0.15) is 0 Å². The number of ether oxygens (including phenoxy) is 1. The Morgan fingerprint density at radius 2 is 2.39 bits per heavy atom. The molecule has 2 aromatic rings. The fourth-order valence-corrected chi connectivity index (χ4v) is 2.14. The van der Waals surface area contributed by atoms with Gasteiger partial charge in [-0.1, -0.05) is 6.07 Å². The first kappa shape index (κ1) is 11.4. The third kappa shape index (κ3) is 2.14. The van der Waals surface area contributed by atoms with E-state index in [2.05, 4.69) is 10.3 Å². The van der Waals surface area contributed by atoms with Crippen molar-refractivity contribution >= 4 is 0 Å². The highest BCUT2D eigenvalue weighted by Gasteiger charge is 2.20. The highest BCUT2D eigenvalue weighted by Crippen LogP contribution is 2.22. The van der Waals surface area contributed by atoms with Crippen molar-refractivity contribution in [2.75, 3.05) is 19.7 Å². The number of nitrogens with zero attached hydrogens (tertiary/aromatic N) is 2. The van der Waals surface area contributed by atoms with Crippen molar-refractivity contribution in [3.05, 3.63) is 48.3 Å². The predicted octanol–water partition coefficient (Wildman–Crippen LogP) is 1.67. The van der Waals surface area contributed by atoms with Gasteiger partial charge in [-0.15, -0.1) is 0 Å². The Kier molecular flexibility index (Phi) is 3.08. The molecule has 0 spiro atoms. The van der Waals surface area contributed by atoms with Crippen LogP contribution in [-0.2, 0) is 4.74 Å². The minimum atomic E-state index is -0.255. The van der Waals surface area contributed by atoms with E-state index in [9.17, 15) is 4.39 Å². The first-order chi connectivity index (χ1) is 8.84. The van der Waals surface area contributed by atoms with Gasteiger partial charge in [0.05, 0.1) is 24.8 Å². The van der Waals surface area contributed by atoms with E-state index in [0.717, 1.165) is 24.5 Å². The van der Waals surface area contributed by atoms with Gasteiger partial charge >= 0.3 is 0 Å². The Hall–Kier alpha value is -1.72. The molecule has 0 amide bonds. The van der Waals surface area contributed by atoms with E-state index in [1.54, 1.807) is 18.6 Å². The summed E-state index contributed by atoms with van der Waals surface area (Å²) in [5.74, 6) is -0.255. The number of rotatable bonds is 2. The molecule has 5 heteroatoms. The van der Waals surface area contributed by atoms with E-state index in [4.69, 9.17) is 4.74 Å². The van der Waals surface area contributed by atoms with Crippen LogP contribution in [-0.4, -0.2) is 29.2 Å². The molecule has 94 valence electrons. The minimum Gasteiger partial charge on any atom is -0.369 e. The van der Waals surface area contributed by atoms with Crippen molar-refractivity contribution in [3.8, 4) is 5.69 Å². The van der Waals surface area contributed by atoms with E-state index in [-0.39, 0.29) is 11.9 Å². The van der Waals surface area contributed by atoms with Gasteiger partial charge in [0.1, 0.15) is 11.9 Å². The summed E-state index contributed by atoms with van der Waals surface area (Å²) in [5.41, 5.74) is 1.70. The summed E-state index contributed by atoms with van der Waals surface area (Å²) in [4.78, 5) is 4.14. The van der Waals surface area contributed by atoms with Gasteiger partial charge in [-0.05, 0) is 18.2 Å². The highest BCUT2D eigenvalue weighted by atomic mass is 19.1. The maximum Gasteiger partial charge on any atom is 0.125 e. The van der Waals surface area contributed by atoms with Gasteiger partial charge in [0.25, 0.3) is 0 Å². The molecule has 1 fully saturated rings. The van der Waals surface area contributed by atoms with Crippen LogP contribution in [0.1, 0.15) is 11.8 Å². The Balaban J connectivity index is 1.95. The van der Waals surface area contributed by atoms with E-state index >= 15 is 0 Å². The lowest BCUT2D eigenvalue weighted by molar-refractivity contribution is 0.0240. The van der Waals surface area contributed by atoms with E-state index in [1.165, 1.54) is 12.1 Å². The molecule has 4 nitrogen and oxygen atoms in total. The van der Waals surface area contributed by atoms with E-state index in [1.807, 2.05) is 10.6 Å². The number of halogens is 1. The summed E-state index contributed by atoms with van der Waals surface area (Å²) < 4.78 is 20.8. The smallest absolute Gasteiger partial charge is 0.125 e. The SMILES string of the molecule is Fc1cccc(-n2cncc2C2CNCCO2)c1. The van der Waals surface area contributed by atoms with Crippen LogP contribution in [0.2, 0.25) is 0 Å². The van der Waals surface area contributed by atoms with Crippen LogP contribution in [0.5, 0.6) is 0 Å². The van der Waals surface area contributed by atoms with Crippen LogP contribution in [0, 0.1) is 5.82 Å². The number of hydrogen-bond acceptors (Lipinski definition) is 3. The first-order valence-corrected chi connectivity index (χ1v) is 5.95. The number of imidazole rings is 1. The second-order valence-electron chi connectivity index (χ2n) is 4.23. The van der Waals surface area contributed by atoms with Crippen LogP contribution in [0.3, 0.4) is 0 Å². The second-order valence-corrected chi connectivity index (χ2v) is 4.23. The number of benzene rings is 1. The number of nitrogens with one attached hydrogen (secondary N) is 1. The predicted molar refractivity (Wildman–Crippen MR) is 65.1 cm³/mol. The molecular weight excluding hydrogens is 233 g/mol. The lowest BCUT2D eigenvalue weighted by atomic mass is 10.2. The normalized spacial score (nSPS) is 19.9. The van der Waals surface area contributed by atoms with Gasteiger partial charge in [0.15, 0.2) is 0 Å². The lowest BCUT2D eigenvalue weighted by Crippen LogP contribution is -2.34. The molecule has 1 aliphatic heterocycles. The number of aromatic nitrogens is 2. The highest BCUT2D eigenvalue weighted by molar-refractivity contribution is 5.34. The van der Waals surface area contributed by atoms with Crippen LogP contribution in [0.15, 0.2) is 36.8 Å². The Bertz CT molecular complexity index is 535. The zero-order valence-electron chi connectivity index (χ0n) is 9.84. The zero-order chi connectivity index (χ0) is 12.4. The molecule has 0 bridgehead atoms. The molecule has 1 aromatic carbocycles. The third-order valence-corrected chi connectivity index (χ3v) is 3.01. The van der Waals surface area contributed by atoms with Crippen molar-refractivity contribution in [3.63, 3.8) is 0 Å². The van der Waals surface area contributed by atoms with Crippen LogP contribution >= 0.6 is 0 Å². The summed E-state index contributed by atoms with van der Waals surface area (Å²) in [6.07, 6.45) is 3.41. The summed E-state index contributed by atoms with van der Waals surface area (Å²) in [6, 6.07) is 6.46. The number of hydrogen-bond donors (Lipinski definition) is 1.